The van der Waals surface area contributed by atoms with Crippen molar-refractivity contribution in [3.8, 4) is 0 Å². The molecule has 0 aliphatic rings. The molecule has 1 N–H and O–H groups in total. The van der Waals surface area contributed by atoms with Gasteiger partial charge in [-0.25, -0.2) is 0 Å². The van der Waals surface area contributed by atoms with Crippen molar-refractivity contribution in [1.29, 1.82) is 0 Å². The predicted octanol–water partition coefficient (Wildman–Crippen LogP) is 3.26. The van der Waals surface area contributed by atoms with E-state index in [1.54, 1.807) is 23.1 Å². The van der Waals surface area contributed by atoms with Crippen molar-refractivity contribution in [1.82, 2.24) is 10.2 Å². The summed E-state index contributed by atoms with van der Waals surface area (Å²) in [4.78, 5) is 16.5. The molecule has 1 unspecified atom stereocenters. The molecule has 1 atom stereocenters. The van der Waals surface area contributed by atoms with Crippen LogP contribution in [0.2, 0.25) is 0 Å². The highest BCUT2D eigenvalue weighted by Crippen LogP contribution is 2.22. The Kier molecular flexibility index (Phi) is 6.29. The zero-order valence-corrected chi connectivity index (χ0v) is 13.9. The summed E-state index contributed by atoms with van der Waals surface area (Å²) in [7, 11) is 4.07. The first-order chi connectivity index (χ1) is 10.2. The quantitative estimate of drug-likeness (QED) is 0.795. The number of benzene rings is 1. The summed E-state index contributed by atoms with van der Waals surface area (Å²) in [5.74, 6) is 0.529. The van der Waals surface area contributed by atoms with Gasteiger partial charge in [0.05, 0.1) is 11.8 Å². The Bertz CT molecular complexity index is 541. The molecular weight excluding hydrogens is 300 g/mol. The van der Waals surface area contributed by atoms with Crippen molar-refractivity contribution in [3.05, 3.63) is 52.7 Å². The molecule has 0 aliphatic carbocycles. The summed E-state index contributed by atoms with van der Waals surface area (Å²) < 4.78 is 0. The van der Waals surface area contributed by atoms with Crippen molar-refractivity contribution < 1.29 is 4.79 Å². The van der Waals surface area contributed by atoms with Crippen LogP contribution in [0.5, 0.6) is 0 Å². The number of likely N-dealkylation sites (N-methyl/N-ethyl adjacent to an activating group) is 1. The predicted molar refractivity (Wildman–Crippen MR) is 90.9 cm³/mol. The third-order valence-electron chi connectivity index (χ3n) is 3.10. The number of carbonyl (C=O) groups excluding carboxylic acids is 1. The second-order valence-corrected chi connectivity index (χ2v) is 6.93. The van der Waals surface area contributed by atoms with E-state index in [2.05, 4.69) is 21.7 Å². The molecule has 2 rings (SSSR count). The largest absolute Gasteiger partial charge is 0.353 e. The number of nitrogens with one attached hydrogen (secondary N) is 1. The monoisotopic (exact) mass is 320 g/mol. The lowest BCUT2D eigenvalue weighted by molar-refractivity contribution is -0.118. The van der Waals surface area contributed by atoms with Gasteiger partial charge in [-0.2, -0.15) is 0 Å². The maximum atomic E-state index is 12.0. The highest BCUT2D eigenvalue weighted by atomic mass is 32.2. The first-order valence-corrected chi connectivity index (χ1v) is 8.67. The molecule has 0 aliphatic heterocycles. The Hall–Kier alpha value is -1.30. The molecule has 0 spiro atoms. The number of thioether (sulfide) groups is 1. The zero-order valence-electron chi connectivity index (χ0n) is 12.3. The molecule has 1 aromatic heterocycles. The van der Waals surface area contributed by atoms with Crippen LogP contribution in [0, 0.1) is 0 Å². The van der Waals surface area contributed by atoms with Gasteiger partial charge in [-0.05, 0) is 37.7 Å². The fraction of sp³-hybridized carbons (Fsp3) is 0.312. The highest BCUT2D eigenvalue weighted by molar-refractivity contribution is 8.00. The van der Waals surface area contributed by atoms with E-state index in [1.165, 1.54) is 4.88 Å². The van der Waals surface area contributed by atoms with Crippen molar-refractivity contribution in [2.45, 2.75) is 10.9 Å². The highest BCUT2D eigenvalue weighted by Gasteiger charge is 2.16. The first-order valence-electron chi connectivity index (χ1n) is 6.81. The van der Waals surface area contributed by atoms with Crippen LogP contribution in [0.4, 0.5) is 0 Å². The molecule has 21 heavy (non-hydrogen) atoms. The van der Waals surface area contributed by atoms with Crippen LogP contribution >= 0.6 is 23.1 Å². The number of hydrogen-bond donors (Lipinski definition) is 1. The van der Waals surface area contributed by atoms with Crippen LogP contribution in [0.1, 0.15) is 10.9 Å². The average molecular weight is 320 g/mol. The van der Waals surface area contributed by atoms with Crippen LogP contribution in [0.15, 0.2) is 52.7 Å². The van der Waals surface area contributed by atoms with E-state index in [1.807, 2.05) is 50.5 Å². The second kappa shape index (κ2) is 8.22. The fourth-order valence-electron chi connectivity index (χ4n) is 1.95. The zero-order chi connectivity index (χ0) is 15.1. The van der Waals surface area contributed by atoms with E-state index in [0.717, 1.165) is 4.90 Å². The van der Waals surface area contributed by atoms with Gasteiger partial charge in [0.25, 0.3) is 0 Å². The lowest BCUT2D eigenvalue weighted by atomic mass is 10.2. The van der Waals surface area contributed by atoms with Gasteiger partial charge in [0.2, 0.25) is 5.91 Å². The van der Waals surface area contributed by atoms with Gasteiger partial charge >= 0.3 is 0 Å². The molecule has 5 heteroatoms. The molecule has 2 aromatic rings. The SMILES string of the molecule is CN(C)C(CNC(=O)CSc1ccccc1)c1cccs1. The van der Waals surface area contributed by atoms with Gasteiger partial charge in [0, 0.05) is 16.3 Å². The molecular formula is C16H20N2OS2. The molecule has 1 aromatic carbocycles. The number of nitrogens with zero attached hydrogens (tertiary/aromatic N) is 1. The maximum Gasteiger partial charge on any atom is 0.230 e. The topological polar surface area (TPSA) is 32.3 Å². The minimum absolute atomic E-state index is 0.0762. The van der Waals surface area contributed by atoms with Crippen molar-refractivity contribution in [2.24, 2.45) is 0 Å². The van der Waals surface area contributed by atoms with E-state index in [-0.39, 0.29) is 11.9 Å². The molecule has 1 heterocycles. The maximum absolute atomic E-state index is 12.0. The summed E-state index contributed by atoms with van der Waals surface area (Å²) in [5.41, 5.74) is 0. The molecule has 1 amide bonds. The Labute approximate surface area is 134 Å². The third kappa shape index (κ3) is 5.19. The van der Waals surface area contributed by atoms with Gasteiger partial charge in [0.1, 0.15) is 0 Å². The number of hydrogen-bond acceptors (Lipinski definition) is 4. The third-order valence-corrected chi connectivity index (χ3v) is 5.09. The summed E-state index contributed by atoms with van der Waals surface area (Å²) in [6, 6.07) is 14.4. The summed E-state index contributed by atoms with van der Waals surface area (Å²) in [6.07, 6.45) is 0. The number of rotatable bonds is 7. The van der Waals surface area contributed by atoms with Gasteiger partial charge in [-0.1, -0.05) is 24.3 Å². The first kappa shape index (κ1) is 16.1. The van der Waals surface area contributed by atoms with Crippen molar-refractivity contribution in [3.63, 3.8) is 0 Å². The lowest BCUT2D eigenvalue weighted by Crippen LogP contribution is -2.35. The van der Waals surface area contributed by atoms with Crippen LogP contribution in [-0.2, 0) is 4.79 Å². The smallest absolute Gasteiger partial charge is 0.230 e. The van der Waals surface area contributed by atoms with Gasteiger partial charge in [0.15, 0.2) is 0 Å². The molecule has 0 fully saturated rings. The fourth-order valence-corrected chi connectivity index (χ4v) is 3.62. The molecule has 3 nitrogen and oxygen atoms in total. The molecule has 0 saturated heterocycles. The van der Waals surface area contributed by atoms with Crippen LogP contribution < -0.4 is 5.32 Å². The van der Waals surface area contributed by atoms with E-state index in [9.17, 15) is 4.79 Å². The molecule has 112 valence electrons. The standard InChI is InChI=1S/C16H20N2OS2/c1-18(2)14(15-9-6-10-20-15)11-17-16(19)12-21-13-7-4-3-5-8-13/h3-10,14H,11-12H2,1-2H3,(H,17,19). The van der Waals surface area contributed by atoms with E-state index >= 15 is 0 Å². The Balaban J connectivity index is 1.80. The number of carbonyl (C=O) groups is 1. The van der Waals surface area contributed by atoms with E-state index < -0.39 is 0 Å². The Morgan fingerprint density at radius 3 is 2.62 bits per heavy atom. The van der Waals surface area contributed by atoms with Crippen LogP contribution in [0.3, 0.4) is 0 Å². The average Bonchev–Trinajstić information content (AvgIpc) is 3.00. The van der Waals surface area contributed by atoms with Gasteiger partial charge < -0.3 is 10.2 Å². The van der Waals surface area contributed by atoms with Crippen LogP contribution in [-0.4, -0.2) is 37.2 Å². The molecule has 0 saturated carbocycles. The molecule has 0 radical (unpaired) electrons. The van der Waals surface area contributed by atoms with E-state index in [4.69, 9.17) is 0 Å². The normalized spacial score (nSPS) is 12.3. The minimum atomic E-state index is 0.0762. The van der Waals surface area contributed by atoms with E-state index in [0.29, 0.717) is 12.3 Å². The Morgan fingerprint density at radius 2 is 2.00 bits per heavy atom. The summed E-state index contributed by atoms with van der Waals surface area (Å²) in [6.45, 7) is 0.641. The van der Waals surface area contributed by atoms with Gasteiger partial charge in [-0.3, -0.25) is 4.79 Å². The number of amides is 1. The summed E-state index contributed by atoms with van der Waals surface area (Å²) >= 11 is 3.29. The molecule has 0 bridgehead atoms. The van der Waals surface area contributed by atoms with Crippen LogP contribution in [0.25, 0.3) is 0 Å². The van der Waals surface area contributed by atoms with Crippen molar-refractivity contribution >= 4 is 29.0 Å². The Morgan fingerprint density at radius 1 is 1.24 bits per heavy atom. The van der Waals surface area contributed by atoms with Gasteiger partial charge in [-0.15, -0.1) is 23.1 Å². The van der Waals surface area contributed by atoms with Crippen molar-refractivity contribution in [2.75, 3.05) is 26.4 Å². The lowest BCUT2D eigenvalue weighted by Gasteiger charge is -2.23. The number of thiophene rings is 1. The second-order valence-electron chi connectivity index (χ2n) is 4.90. The minimum Gasteiger partial charge on any atom is -0.353 e. The summed E-state index contributed by atoms with van der Waals surface area (Å²) in [5, 5.41) is 5.10.